The molecule has 1 atom stereocenters. The van der Waals surface area contributed by atoms with Gasteiger partial charge in [0.1, 0.15) is 0 Å². The molecule has 1 aromatic rings. The second-order valence-corrected chi connectivity index (χ2v) is 9.14. The quantitative estimate of drug-likeness (QED) is 0.837. The summed E-state index contributed by atoms with van der Waals surface area (Å²) in [5.41, 5.74) is 2.80. The third-order valence-corrected chi connectivity index (χ3v) is 7.08. The van der Waals surface area contributed by atoms with Crippen molar-refractivity contribution in [2.24, 2.45) is 0 Å². The van der Waals surface area contributed by atoms with Crippen LogP contribution in [0.5, 0.6) is 0 Å². The average Bonchev–Trinajstić information content (AvgIpc) is 2.93. The highest BCUT2D eigenvalue weighted by Gasteiger charge is 2.45. The van der Waals surface area contributed by atoms with Crippen LogP contribution in [-0.2, 0) is 10.2 Å². The molecule has 0 amide bonds. The van der Waals surface area contributed by atoms with E-state index in [0.717, 1.165) is 30.5 Å². The summed E-state index contributed by atoms with van der Waals surface area (Å²) in [6.07, 6.45) is 2.77. The number of fused-ring (bicyclic) bond motifs is 1. The van der Waals surface area contributed by atoms with Crippen molar-refractivity contribution in [2.75, 3.05) is 17.4 Å². The Labute approximate surface area is 134 Å². The highest BCUT2D eigenvalue weighted by atomic mass is 32.2. The Kier molecular flexibility index (Phi) is 3.76. The van der Waals surface area contributed by atoms with Crippen LogP contribution in [0.25, 0.3) is 0 Å². The Bertz CT molecular complexity index is 676. The van der Waals surface area contributed by atoms with Crippen LogP contribution in [0.2, 0.25) is 0 Å². The first-order chi connectivity index (χ1) is 10.2. The molecular weight excluding hydrogens is 296 g/mol. The van der Waals surface area contributed by atoms with Crippen molar-refractivity contribution >= 4 is 15.9 Å². The van der Waals surface area contributed by atoms with E-state index in [2.05, 4.69) is 19.9 Å². The predicted octanol–water partition coefficient (Wildman–Crippen LogP) is 3.43. The van der Waals surface area contributed by atoms with Gasteiger partial charge in [-0.1, -0.05) is 24.6 Å². The van der Waals surface area contributed by atoms with E-state index in [1.165, 1.54) is 5.56 Å². The topological polar surface area (TPSA) is 40.6 Å². The predicted molar refractivity (Wildman–Crippen MR) is 90.5 cm³/mol. The van der Waals surface area contributed by atoms with E-state index >= 15 is 0 Å². The molecule has 0 N–H and O–H groups in total. The minimum Gasteiger partial charge on any atom is -0.252 e. The average molecular weight is 322 g/mol. The maximum absolute atomic E-state index is 13.2. The Morgan fingerprint density at radius 1 is 1.18 bits per heavy atom. The number of nitrogens with zero attached hydrogens (tertiary/aromatic N) is 2. The maximum Gasteiger partial charge on any atom is 0.304 e. The van der Waals surface area contributed by atoms with Crippen LogP contribution in [0.1, 0.15) is 57.1 Å². The van der Waals surface area contributed by atoms with Crippen LogP contribution < -0.4 is 4.31 Å². The standard InChI is InChI=1S/C17H26N2O2S/c1-13-7-8-16-15(11-13)14(2)12-17(3,4)19(16)22(20,21)18-9-5-6-10-18/h7-8,11,14H,5-6,9-10,12H2,1-4H3. The number of hydrogen-bond acceptors (Lipinski definition) is 2. The fraction of sp³-hybridized carbons (Fsp3) is 0.647. The number of aryl methyl sites for hydroxylation is 1. The fourth-order valence-electron chi connectivity index (χ4n) is 3.99. The van der Waals surface area contributed by atoms with Crippen molar-refractivity contribution < 1.29 is 8.42 Å². The lowest BCUT2D eigenvalue weighted by atomic mass is 9.81. The van der Waals surface area contributed by atoms with Gasteiger partial charge < -0.3 is 0 Å². The van der Waals surface area contributed by atoms with Crippen molar-refractivity contribution in [3.8, 4) is 0 Å². The van der Waals surface area contributed by atoms with Gasteiger partial charge in [-0.2, -0.15) is 12.7 Å². The van der Waals surface area contributed by atoms with E-state index in [1.807, 2.05) is 26.0 Å². The SMILES string of the molecule is Cc1ccc2c(c1)C(C)CC(C)(C)N2S(=O)(=O)N1CCCC1. The van der Waals surface area contributed by atoms with Gasteiger partial charge in [0.25, 0.3) is 0 Å². The molecule has 0 aliphatic carbocycles. The van der Waals surface area contributed by atoms with Gasteiger partial charge in [-0.3, -0.25) is 4.31 Å². The molecule has 0 spiro atoms. The molecule has 1 saturated heterocycles. The van der Waals surface area contributed by atoms with Gasteiger partial charge >= 0.3 is 10.2 Å². The Balaban J connectivity index is 2.14. The first kappa shape index (κ1) is 15.8. The molecule has 122 valence electrons. The highest BCUT2D eigenvalue weighted by Crippen LogP contribution is 2.45. The second-order valence-electron chi connectivity index (χ2n) is 7.36. The number of rotatable bonds is 2. The first-order valence-corrected chi connectivity index (χ1v) is 9.54. The minimum absolute atomic E-state index is 0.370. The smallest absolute Gasteiger partial charge is 0.252 e. The van der Waals surface area contributed by atoms with Gasteiger partial charge in [-0.15, -0.1) is 0 Å². The first-order valence-electron chi connectivity index (χ1n) is 8.14. The summed E-state index contributed by atoms with van der Waals surface area (Å²) in [4.78, 5) is 0. The van der Waals surface area contributed by atoms with E-state index in [0.29, 0.717) is 19.0 Å². The van der Waals surface area contributed by atoms with Gasteiger partial charge in [-0.05, 0) is 57.6 Å². The van der Waals surface area contributed by atoms with Crippen LogP contribution >= 0.6 is 0 Å². The molecule has 1 unspecified atom stereocenters. The van der Waals surface area contributed by atoms with Gasteiger partial charge in [0.15, 0.2) is 0 Å². The third kappa shape index (κ3) is 2.44. The van der Waals surface area contributed by atoms with Crippen LogP contribution in [-0.4, -0.2) is 31.4 Å². The summed E-state index contributed by atoms with van der Waals surface area (Å²) in [5, 5.41) is 0. The molecule has 1 aromatic carbocycles. The molecule has 0 saturated carbocycles. The summed E-state index contributed by atoms with van der Waals surface area (Å²) < 4.78 is 29.7. The molecule has 0 aromatic heterocycles. The minimum atomic E-state index is -3.45. The van der Waals surface area contributed by atoms with Crippen LogP contribution in [0.3, 0.4) is 0 Å². The zero-order chi connectivity index (χ0) is 16.1. The van der Waals surface area contributed by atoms with Crippen molar-refractivity contribution in [1.29, 1.82) is 0 Å². The van der Waals surface area contributed by atoms with Gasteiger partial charge in [-0.25, -0.2) is 0 Å². The van der Waals surface area contributed by atoms with E-state index in [-0.39, 0.29) is 0 Å². The molecule has 0 bridgehead atoms. The number of hydrogen-bond donors (Lipinski definition) is 0. The zero-order valence-electron chi connectivity index (χ0n) is 14.0. The monoisotopic (exact) mass is 322 g/mol. The lowest BCUT2D eigenvalue weighted by Crippen LogP contribution is -2.55. The molecule has 2 heterocycles. The summed E-state index contributed by atoms with van der Waals surface area (Å²) in [6.45, 7) is 9.63. The normalized spacial score (nSPS) is 25.3. The van der Waals surface area contributed by atoms with Crippen LogP contribution in [0, 0.1) is 6.92 Å². The Morgan fingerprint density at radius 3 is 2.45 bits per heavy atom. The van der Waals surface area contributed by atoms with Crippen molar-refractivity contribution in [3.05, 3.63) is 29.3 Å². The van der Waals surface area contributed by atoms with E-state index < -0.39 is 15.7 Å². The Hall–Kier alpha value is -1.07. The summed E-state index contributed by atoms with van der Waals surface area (Å²) >= 11 is 0. The molecule has 3 rings (SSSR count). The molecule has 5 heteroatoms. The van der Waals surface area contributed by atoms with Crippen molar-refractivity contribution in [2.45, 2.75) is 58.4 Å². The summed E-state index contributed by atoms with van der Waals surface area (Å²) in [6, 6.07) is 6.14. The van der Waals surface area contributed by atoms with Gasteiger partial charge in [0, 0.05) is 13.1 Å². The second kappa shape index (κ2) is 5.24. The largest absolute Gasteiger partial charge is 0.304 e. The fourth-order valence-corrected chi connectivity index (χ4v) is 6.06. The highest BCUT2D eigenvalue weighted by molar-refractivity contribution is 7.90. The van der Waals surface area contributed by atoms with Crippen molar-refractivity contribution in [1.82, 2.24) is 4.31 Å². The lowest BCUT2D eigenvalue weighted by molar-refractivity contribution is 0.393. The van der Waals surface area contributed by atoms with E-state index in [4.69, 9.17) is 0 Å². The molecule has 4 nitrogen and oxygen atoms in total. The molecule has 2 aliphatic heterocycles. The number of benzene rings is 1. The number of anilines is 1. The zero-order valence-corrected chi connectivity index (χ0v) is 14.8. The molecule has 0 radical (unpaired) electrons. The van der Waals surface area contributed by atoms with Crippen LogP contribution in [0.4, 0.5) is 5.69 Å². The van der Waals surface area contributed by atoms with Gasteiger partial charge in [0.2, 0.25) is 0 Å². The Morgan fingerprint density at radius 2 is 1.82 bits per heavy atom. The molecule has 1 fully saturated rings. The molecular formula is C17H26N2O2S. The molecule has 22 heavy (non-hydrogen) atoms. The van der Waals surface area contributed by atoms with Gasteiger partial charge in [0.05, 0.1) is 11.2 Å². The summed E-state index contributed by atoms with van der Waals surface area (Å²) in [7, 11) is -3.45. The van der Waals surface area contributed by atoms with E-state index in [1.54, 1.807) is 8.61 Å². The van der Waals surface area contributed by atoms with E-state index in [9.17, 15) is 8.42 Å². The van der Waals surface area contributed by atoms with Crippen molar-refractivity contribution in [3.63, 3.8) is 0 Å². The lowest BCUT2D eigenvalue weighted by Gasteiger charge is -2.47. The summed E-state index contributed by atoms with van der Waals surface area (Å²) in [5.74, 6) is 0.370. The third-order valence-electron chi connectivity index (χ3n) is 4.91. The maximum atomic E-state index is 13.2. The molecule has 2 aliphatic rings. The van der Waals surface area contributed by atoms with Crippen LogP contribution in [0.15, 0.2) is 18.2 Å².